The molecule has 5 atom stereocenters. The number of benzene rings is 2. The van der Waals surface area contributed by atoms with Crippen LogP contribution in [0.2, 0.25) is 0 Å². The van der Waals surface area contributed by atoms with Crippen LogP contribution >= 0.6 is 0 Å². The Morgan fingerprint density at radius 3 is 2.70 bits per heavy atom. The number of nitrogens with zero attached hydrogens (tertiary/aromatic N) is 2. The molecule has 37 heavy (non-hydrogen) atoms. The summed E-state index contributed by atoms with van der Waals surface area (Å²) in [5.74, 6) is 1.55. The molecule has 2 saturated heterocycles. The molecule has 1 spiro atoms. The number of ether oxygens (including phenoxy) is 1. The van der Waals surface area contributed by atoms with Crippen LogP contribution in [0, 0.1) is 5.92 Å². The predicted octanol–water partition coefficient (Wildman–Crippen LogP) is 3.64. The molecule has 2 N–H and O–H groups in total. The Balaban J connectivity index is 1.19. The smallest absolute Gasteiger partial charge is 0.250 e. The minimum atomic E-state index is -0.918. The standard InChI is InChI=1S/C31H34N2O4/c34-24-9-8-21-17-25-31(36)12-10-23(33-14-11-22(29(33)35)16-19-4-2-1-3-5-19)28-30(31,26(21)27(24)37-28)13-15-32(25)18-20-6-7-20/h1-5,8-9,16,20,23,25,28,34,36H,6-7,10-15,17-18H2/t23-,25+,28-,30-,31+/m0/s1. The van der Waals surface area contributed by atoms with Crippen LogP contribution in [0.15, 0.2) is 48.0 Å². The number of aromatic hydroxyl groups is 1. The van der Waals surface area contributed by atoms with Gasteiger partial charge in [-0.15, -0.1) is 0 Å². The summed E-state index contributed by atoms with van der Waals surface area (Å²) >= 11 is 0. The van der Waals surface area contributed by atoms with E-state index in [-0.39, 0.29) is 29.8 Å². The topological polar surface area (TPSA) is 73.2 Å². The van der Waals surface area contributed by atoms with Crippen LogP contribution in [0.5, 0.6) is 11.5 Å². The van der Waals surface area contributed by atoms with Crippen molar-refractivity contribution in [1.82, 2.24) is 9.80 Å². The van der Waals surface area contributed by atoms with E-state index in [4.69, 9.17) is 4.74 Å². The lowest BCUT2D eigenvalue weighted by molar-refractivity contribution is -0.200. The molecule has 3 aliphatic heterocycles. The Labute approximate surface area is 217 Å². The van der Waals surface area contributed by atoms with Crippen LogP contribution in [-0.4, -0.2) is 69.3 Å². The maximum absolute atomic E-state index is 13.7. The Kier molecular flexibility index (Phi) is 4.56. The molecule has 192 valence electrons. The van der Waals surface area contributed by atoms with Crippen molar-refractivity contribution in [2.75, 3.05) is 19.6 Å². The molecule has 0 unspecified atom stereocenters. The van der Waals surface area contributed by atoms with Gasteiger partial charge in [0.2, 0.25) is 5.91 Å². The van der Waals surface area contributed by atoms with Gasteiger partial charge in [0.05, 0.1) is 17.1 Å². The molecule has 6 aliphatic rings. The molecular formula is C31H34N2O4. The summed E-state index contributed by atoms with van der Waals surface area (Å²) in [6.45, 7) is 2.66. The van der Waals surface area contributed by atoms with Gasteiger partial charge in [0, 0.05) is 30.3 Å². The highest BCUT2D eigenvalue weighted by molar-refractivity contribution is 6.00. The van der Waals surface area contributed by atoms with Crippen LogP contribution in [-0.2, 0) is 16.6 Å². The zero-order valence-electron chi connectivity index (χ0n) is 21.1. The van der Waals surface area contributed by atoms with Gasteiger partial charge >= 0.3 is 0 Å². The summed E-state index contributed by atoms with van der Waals surface area (Å²) in [5.41, 5.74) is 2.60. The Hall–Kier alpha value is -2.83. The van der Waals surface area contributed by atoms with Crippen LogP contribution in [0.3, 0.4) is 0 Å². The average molecular weight is 499 g/mol. The molecule has 2 bridgehead atoms. The third-order valence-corrected chi connectivity index (χ3v) is 10.4. The minimum absolute atomic E-state index is 0.0553. The number of piperidine rings is 1. The number of aliphatic hydroxyl groups is 1. The summed E-state index contributed by atoms with van der Waals surface area (Å²) in [7, 11) is 0. The lowest BCUT2D eigenvalue weighted by atomic mass is 9.48. The summed E-state index contributed by atoms with van der Waals surface area (Å²) in [6.07, 6.45) is 7.93. The fraction of sp³-hybridized carbons (Fsp3) is 0.516. The second-order valence-corrected chi connectivity index (χ2v) is 12.2. The lowest BCUT2D eigenvalue weighted by Crippen LogP contribution is -2.78. The minimum Gasteiger partial charge on any atom is -0.504 e. The molecule has 8 rings (SSSR count). The van der Waals surface area contributed by atoms with E-state index in [1.807, 2.05) is 47.4 Å². The van der Waals surface area contributed by atoms with Crippen molar-refractivity contribution in [2.24, 2.45) is 5.92 Å². The maximum atomic E-state index is 13.7. The van der Waals surface area contributed by atoms with E-state index in [1.54, 1.807) is 6.07 Å². The lowest BCUT2D eigenvalue weighted by Gasteiger charge is -2.64. The highest BCUT2D eigenvalue weighted by atomic mass is 16.5. The third kappa shape index (κ3) is 2.91. The van der Waals surface area contributed by atoms with E-state index in [0.717, 1.165) is 55.0 Å². The molecule has 3 heterocycles. The summed E-state index contributed by atoms with van der Waals surface area (Å²) < 4.78 is 6.69. The van der Waals surface area contributed by atoms with Gasteiger partial charge in [-0.25, -0.2) is 0 Å². The summed E-state index contributed by atoms with van der Waals surface area (Å²) in [6, 6.07) is 13.8. The molecule has 3 aliphatic carbocycles. The van der Waals surface area contributed by atoms with E-state index < -0.39 is 11.0 Å². The highest BCUT2D eigenvalue weighted by Crippen LogP contribution is 2.66. The first kappa shape index (κ1) is 22.2. The fourth-order valence-corrected chi connectivity index (χ4v) is 8.61. The van der Waals surface area contributed by atoms with Gasteiger partial charge in [-0.05, 0) is 80.7 Å². The number of hydrogen-bond donors (Lipinski definition) is 2. The number of amides is 1. The number of likely N-dealkylation sites (tertiary alicyclic amines) is 2. The zero-order chi connectivity index (χ0) is 24.9. The Bertz CT molecular complexity index is 1320. The monoisotopic (exact) mass is 498 g/mol. The van der Waals surface area contributed by atoms with Gasteiger partial charge in [0.1, 0.15) is 6.10 Å². The SMILES string of the molecule is O=C1C(=Cc2ccccc2)CCN1[C@H]1CC[C@@]2(O)[C@H]3Cc4ccc(O)c5c4[C@@]2(CCN3CC2CC2)[C@H]1O5. The van der Waals surface area contributed by atoms with E-state index in [0.29, 0.717) is 25.1 Å². The molecule has 6 heteroatoms. The number of phenols is 1. The van der Waals surface area contributed by atoms with Crippen molar-refractivity contribution in [3.8, 4) is 11.5 Å². The largest absolute Gasteiger partial charge is 0.504 e. The van der Waals surface area contributed by atoms with E-state index in [9.17, 15) is 15.0 Å². The van der Waals surface area contributed by atoms with Crippen molar-refractivity contribution < 1.29 is 19.7 Å². The maximum Gasteiger partial charge on any atom is 0.250 e. The van der Waals surface area contributed by atoms with Gasteiger partial charge < -0.3 is 19.8 Å². The molecule has 6 nitrogen and oxygen atoms in total. The fourth-order valence-electron chi connectivity index (χ4n) is 8.61. The number of phenolic OH excluding ortho intramolecular Hbond substituents is 1. The molecular weight excluding hydrogens is 464 g/mol. The van der Waals surface area contributed by atoms with Gasteiger partial charge in [-0.3, -0.25) is 9.69 Å². The first-order valence-corrected chi connectivity index (χ1v) is 14.0. The number of rotatable bonds is 4. The van der Waals surface area contributed by atoms with Crippen LogP contribution in [0.4, 0.5) is 0 Å². The number of hydrogen-bond acceptors (Lipinski definition) is 5. The molecule has 0 aromatic heterocycles. The van der Waals surface area contributed by atoms with Crippen molar-refractivity contribution in [3.05, 3.63) is 64.7 Å². The summed E-state index contributed by atoms with van der Waals surface area (Å²) in [4.78, 5) is 18.3. The zero-order valence-corrected chi connectivity index (χ0v) is 21.1. The Morgan fingerprint density at radius 1 is 1.05 bits per heavy atom. The molecule has 4 fully saturated rings. The van der Waals surface area contributed by atoms with Crippen molar-refractivity contribution >= 4 is 12.0 Å². The predicted molar refractivity (Wildman–Crippen MR) is 139 cm³/mol. The van der Waals surface area contributed by atoms with Gasteiger partial charge in [0.15, 0.2) is 11.5 Å². The average Bonchev–Trinajstić information content (AvgIpc) is 3.55. The van der Waals surface area contributed by atoms with Crippen molar-refractivity contribution in [1.29, 1.82) is 0 Å². The highest BCUT2D eigenvalue weighted by Gasteiger charge is 2.73. The van der Waals surface area contributed by atoms with Crippen molar-refractivity contribution in [2.45, 2.75) is 74.1 Å². The van der Waals surface area contributed by atoms with Gasteiger partial charge in [-0.2, -0.15) is 0 Å². The first-order valence-electron chi connectivity index (χ1n) is 14.0. The first-order chi connectivity index (χ1) is 18.0. The van der Waals surface area contributed by atoms with E-state index in [2.05, 4.69) is 4.90 Å². The third-order valence-electron chi connectivity index (χ3n) is 10.4. The number of carbonyl (C=O) groups excluding carboxylic acids is 1. The molecule has 2 saturated carbocycles. The van der Waals surface area contributed by atoms with Crippen LogP contribution in [0.1, 0.15) is 55.2 Å². The molecule has 1 amide bonds. The molecule has 2 aromatic rings. The van der Waals surface area contributed by atoms with Crippen LogP contribution in [0.25, 0.3) is 6.08 Å². The van der Waals surface area contributed by atoms with Crippen LogP contribution < -0.4 is 4.74 Å². The molecule has 0 radical (unpaired) electrons. The van der Waals surface area contributed by atoms with Gasteiger partial charge in [-0.1, -0.05) is 36.4 Å². The van der Waals surface area contributed by atoms with E-state index >= 15 is 0 Å². The molecule has 2 aromatic carbocycles. The van der Waals surface area contributed by atoms with E-state index in [1.165, 1.54) is 18.4 Å². The quantitative estimate of drug-likeness (QED) is 0.630. The second kappa shape index (κ2) is 7.61. The Morgan fingerprint density at radius 2 is 1.89 bits per heavy atom. The normalized spacial score (nSPS) is 37.1. The van der Waals surface area contributed by atoms with Gasteiger partial charge in [0.25, 0.3) is 0 Å². The van der Waals surface area contributed by atoms with Crippen molar-refractivity contribution in [3.63, 3.8) is 0 Å². The number of carbonyl (C=O) groups is 1. The second-order valence-electron chi connectivity index (χ2n) is 12.2. The summed E-state index contributed by atoms with van der Waals surface area (Å²) in [5, 5.41) is 23.5.